The van der Waals surface area contributed by atoms with Crippen LogP contribution < -0.4 is 4.90 Å². The summed E-state index contributed by atoms with van der Waals surface area (Å²) in [5.41, 5.74) is 2.00. The van der Waals surface area contributed by atoms with Crippen molar-refractivity contribution < 1.29 is 9.18 Å². The van der Waals surface area contributed by atoms with Crippen molar-refractivity contribution in [2.45, 2.75) is 0 Å². The molecule has 0 atom stereocenters. The first-order valence-corrected chi connectivity index (χ1v) is 10.2. The van der Waals surface area contributed by atoms with Gasteiger partial charge in [0.2, 0.25) is 0 Å². The molecule has 31 heavy (non-hydrogen) atoms. The number of amides is 1. The van der Waals surface area contributed by atoms with Gasteiger partial charge in [0.05, 0.1) is 17.3 Å². The number of hydrogen-bond acceptors (Lipinski definition) is 5. The quantitative estimate of drug-likeness (QED) is 0.491. The van der Waals surface area contributed by atoms with E-state index in [-0.39, 0.29) is 11.7 Å². The van der Waals surface area contributed by atoms with E-state index in [2.05, 4.69) is 20.0 Å². The molecule has 2 aromatic carbocycles. The Hall–Kier alpha value is -3.52. The van der Waals surface area contributed by atoms with Crippen LogP contribution >= 0.6 is 11.6 Å². The van der Waals surface area contributed by atoms with Crippen LogP contribution in [0.4, 0.5) is 10.2 Å². The van der Waals surface area contributed by atoms with Crippen LogP contribution in [0.15, 0.2) is 61.1 Å². The van der Waals surface area contributed by atoms with E-state index in [4.69, 9.17) is 11.6 Å². The second kappa shape index (κ2) is 7.96. The maximum absolute atomic E-state index is 13.1. The number of nitrogens with zero attached hydrogens (tertiary/aromatic N) is 6. The minimum Gasteiger partial charge on any atom is -0.352 e. The standard InChI is InChI=1S/C22H18ClFN6O/c23-16-2-1-3-18(12-16)30-21-19(13-27-30)20(25-14-26-21)28-8-10-29(11-9-28)22(31)15-4-6-17(24)7-5-15/h1-7,12-14H,8-11H2. The van der Waals surface area contributed by atoms with Crippen molar-refractivity contribution in [2.75, 3.05) is 31.1 Å². The molecule has 9 heteroatoms. The highest BCUT2D eigenvalue weighted by molar-refractivity contribution is 6.30. The molecule has 3 heterocycles. The van der Waals surface area contributed by atoms with E-state index in [1.54, 1.807) is 15.8 Å². The van der Waals surface area contributed by atoms with Gasteiger partial charge in [0.15, 0.2) is 5.65 Å². The van der Waals surface area contributed by atoms with Crippen molar-refractivity contribution in [3.8, 4) is 5.69 Å². The lowest BCUT2D eigenvalue weighted by Gasteiger charge is -2.35. The fourth-order valence-electron chi connectivity index (χ4n) is 3.78. The van der Waals surface area contributed by atoms with Crippen LogP contribution in [0.3, 0.4) is 0 Å². The topological polar surface area (TPSA) is 67.2 Å². The monoisotopic (exact) mass is 436 g/mol. The van der Waals surface area contributed by atoms with Gasteiger partial charge < -0.3 is 9.80 Å². The Morgan fingerprint density at radius 2 is 1.77 bits per heavy atom. The number of carbonyl (C=O) groups excluding carboxylic acids is 1. The van der Waals surface area contributed by atoms with Crippen molar-refractivity contribution >= 4 is 34.4 Å². The maximum atomic E-state index is 13.1. The highest BCUT2D eigenvalue weighted by Crippen LogP contribution is 2.26. The summed E-state index contributed by atoms with van der Waals surface area (Å²) in [7, 11) is 0. The van der Waals surface area contributed by atoms with Crippen LogP contribution in [-0.2, 0) is 0 Å². The van der Waals surface area contributed by atoms with E-state index in [1.807, 2.05) is 24.3 Å². The van der Waals surface area contributed by atoms with Crippen LogP contribution in [0.25, 0.3) is 16.7 Å². The van der Waals surface area contributed by atoms with Crippen molar-refractivity contribution in [3.05, 3.63) is 77.5 Å². The second-order valence-corrected chi connectivity index (χ2v) is 7.69. The predicted molar refractivity (Wildman–Crippen MR) is 116 cm³/mol. The van der Waals surface area contributed by atoms with Crippen molar-refractivity contribution in [1.29, 1.82) is 0 Å². The minimum absolute atomic E-state index is 0.0961. The SMILES string of the molecule is O=C(c1ccc(F)cc1)N1CCN(c2ncnc3c2cnn3-c2cccc(Cl)c2)CC1. The lowest BCUT2D eigenvalue weighted by atomic mass is 10.1. The van der Waals surface area contributed by atoms with Gasteiger partial charge in [-0.3, -0.25) is 4.79 Å². The average Bonchev–Trinajstić information content (AvgIpc) is 3.24. The Balaban J connectivity index is 1.36. The zero-order valence-corrected chi connectivity index (χ0v) is 17.2. The molecule has 0 radical (unpaired) electrons. The number of piperazine rings is 1. The summed E-state index contributed by atoms with van der Waals surface area (Å²) in [6.07, 6.45) is 3.28. The number of hydrogen-bond donors (Lipinski definition) is 0. The van der Waals surface area contributed by atoms with Gasteiger partial charge in [-0.1, -0.05) is 17.7 Å². The summed E-state index contributed by atoms with van der Waals surface area (Å²) < 4.78 is 14.9. The number of aromatic nitrogens is 4. The first kappa shape index (κ1) is 19.4. The number of benzene rings is 2. The molecular formula is C22H18ClFN6O. The summed E-state index contributed by atoms with van der Waals surface area (Å²) in [5, 5.41) is 5.94. The molecular weight excluding hydrogens is 419 g/mol. The van der Waals surface area contributed by atoms with Crippen molar-refractivity contribution in [3.63, 3.8) is 0 Å². The fourth-order valence-corrected chi connectivity index (χ4v) is 3.96. The number of halogens is 2. The van der Waals surface area contributed by atoms with E-state index in [0.717, 1.165) is 16.9 Å². The van der Waals surface area contributed by atoms with Crippen molar-refractivity contribution in [1.82, 2.24) is 24.6 Å². The number of rotatable bonds is 3. The van der Waals surface area contributed by atoms with Gasteiger partial charge >= 0.3 is 0 Å². The third kappa shape index (κ3) is 3.70. The van der Waals surface area contributed by atoms with Gasteiger partial charge in [-0.2, -0.15) is 5.10 Å². The van der Waals surface area contributed by atoms with Crippen LogP contribution in [0.2, 0.25) is 5.02 Å². The predicted octanol–water partition coefficient (Wildman–Crippen LogP) is 3.57. The van der Waals surface area contributed by atoms with Crippen LogP contribution in [0.5, 0.6) is 0 Å². The molecule has 5 rings (SSSR count). The summed E-state index contributed by atoms with van der Waals surface area (Å²) >= 11 is 6.12. The number of anilines is 1. The molecule has 0 N–H and O–H groups in total. The molecule has 1 fully saturated rings. The van der Waals surface area contributed by atoms with Crippen molar-refractivity contribution in [2.24, 2.45) is 0 Å². The normalized spacial score (nSPS) is 14.3. The average molecular weight is 437 g/mol. The summed E-state index contributed by atoms with van der Waals surface area (Å²) in [6, 6.07) is 13.1. The van der Waals surface area contributed by atoms with Crippen LogP contribution in [0, 0.1) is 5.82 Å². The second-order valence-electron chi connectivity index (χ2n) is 7.26. The Morgan fingerprint density at radius 1 is 1.00 bits per heavy atom. The Morgan fingerprint density at radius 3 is 2.52 bits per heavy atom. The Kier molecular flexibility index (Phi) is 4.99. The molecule has 0 spiro atoms. The molecule has 0 unspecified atom stereocenters. The molecule has 7 nitrogen and oxygen atoms in total. The summed E-state index contributed by atoms with van der Waals surface area (Å²) in [6.45, 7) is 2.34. The van der Waals surface area contributed by atoms with Gasteiger partial charge in [-0.25, -0.2) is 19.0 Å². The first-order chi connectivity index (χ1) is 15.1. The zero-order valence-electron chi connectivity index (χ0n) is 16.4. The lowest BCUT2D eigenvalue weighted by Crippen LogP contribution is -2.49. The van der Waals surface area contributed by atoms with Gasteiger partial charge in [-0.15, -0.1) is 0 Å². The Labute approximate surface area is 182 Å². The van der Waals surface area contributed by atoms with E-state index < -0.39 is 0 Å². The Bertz CT molecular complexity index is 1250. The molecule has 156 valence electrons. The molecule has 0 bridgehead atoms. The molecule has 1 aliphatic heterocycles. The van der Waals surface area contributed by atoms with E-state index >= 15 is 0 Å². The number of carbonyl (C=O) groups is 1. The molecule has 1 aliphatic rings. The van der Waals surface area contributed by atoms with Gasteiger partial charge in [0, 0.05) is 36.8 Å². The molecule has 0 saturated carbocycles. The smallest absolute Gasteiger partial charge is 0.253 e. The lowest BCUT2D eigenvalue weighted by molar-refractivity contribution is 0.0746. The van der Waals surface area contributed by atoms with E-state index in [1.165, 1.54) is 30.6 Å². The largest absolute Gasteiger partial charge is 0.352 e. The van der Waals surface area contributed by atoms with E-state index in [9.17, 15) is 9.18 Å². The zero-order chi connectivity index (χ0) is 21.4. The fraction of sp³-hybridized carbons (Fsp3) is 0.182. The first-order valence-electron chi connectivity index (χ1n) is 9.84. The van der Waals surface area contributed by atoms with Gasteiger partial charge in [0.25, 0.3) is 5.91 Å². The molecule has 2 aromatic heterocycles. The highest BCUT2D eigenvalue weighted by Gasteiger charge is 2.25. The molecule has 0 aliphatic carbocycles. The van der Waals surface area contributed by atoms with Gasteiger partial charge in [-0.05, 0) is 42.5 Å². The van der Waals surface area contributed by atoms with E-state index in [0.29, 0.717) is 42.4 Å². The van der Waals surface area contributed by atoms with Crippen LogP contribution in [0.1, 0.15) is 10.4 Å². The summed E-state index contributed by atoms with van der Waals surface area (Å²) in [5.74, 6) is 0.334. The van der Waals surface area contributed by atoms with Gasteiger partial charge in [0.1, 0.15) is 18.0 Å². The molecule has 4 aromatic rings. The molecule has 1 saturated heterocycles. The maximum Gasteiger partial charge on any atom is 0.253 e. The third-order valence-electron chi connectivity index (χ3n) is 5.36. The third-order valence-corrected chi connectivity index (χ3v) is 5.59. The van der Waals surface area contributed by atoms with Crippen LogP contribution in [-0.4, -0.2) is 56.7 Å². The number of fused-ring (bicyclic) bond motifs is 1. The highest BCUT2D eigenvalue weighted by atomic mass is 35.5. The molecule has 1 amide bonds. The summed E-state index contributed by atoms with van der Waals surface area (Å²) in [4.78, 5) is 25.5. The minimum atomic E-state index is -0.354.